The number of pyridine rings is 1. The van der Waals surface area contributed by atoms with E-state index in [4.69, 9.17) is 11.1 Å². The van der Waals surface area contributed by atoms with Gasteiger partial charge in [-0.2, -0.15) is 13.2 Å². The monoisotopic (exact) mass is 239 g/mol. The van der Waals surface area contributed by atoms with Crippen LogP contribution in [0.5, 0.6) is 0 Å². The second-order valence-corrected chi connectivity index (χ2v) is 3.52. The van der Waals surface area contributed by atoms with E-state index in [1.54, 1.807) is 6.07 Å². The molecule has 3 nitrogen and oxygen atoms in total. The molecule has 0 saturated carbocycles. The summed E-state index contributed by atoms with van der Waals surface area (Å²) in [6.45, 7) is 0. The maximum absolute atomic E-state index is 12.5. The number of rotatable bonds is 1. The molecule has 2 aromatic rings. The van der Waals surface area contributed by atoms with Crippen molar-refractivity contribution in [2.75, 3.05) is 0 Å². The van der Waals surface area contributed by atoms with Gasteiger partial charge in [-0.1, -0.05) is 12.1 Å². The highest BCUT2D eigenvalue weighted by Gasteiger charge is 2.30. The number of amidine groups is 1. The third kappa shape index (κ3) is 2.20. The predicted octanol–water partition coefficient (Wildman–Crippen LogP) is 2.54. The number of alkyl halides is 3. The maximum Gasteiger partial charge on any atom is 0.416 e. The number of aromatic nitrogens is 1. The molecule has 1 aromatic heterocycles. The molecule has 0 aliphatic carbocycles. The summed E-state index contributed by atoms with van der Waals surface area (Å²) in [4.78, 5) is 3.90. The third-order valence-corrected chi connectivity index (χ3v) is 2.30. The zero-order valence-electron chi connectivity index (χ0n) is 8.55. The molecule has 0 aliphatic heterocycles. The van der Waals surface area contributed by atoms with Crippen molar-refractivity contribution in [3.63, 3.8) is 0 Å². The Morgan fingerprint density at radius 3 is 2.41 bits per heavy atom. The molecule has 88 valence electrons. The molecule has 1 heterocycles. The number of hydrogen-bond donors (Lipinski definition) is 2. The molecule has 2 rings (SSSR count). The molecule has 3 N–H and O–H groups in total. The average Bonchev–Trinajstić information content (AvgIpc) is 2.26. The Balaban J connectivity index is 2.62. The summed E-state index contributed by atoms with van der Waals surface area (Å²) in [7, 11) is 0. The van der Waals surface area contributed by atoms with E-state index in [0.717, 1.165) is 12.1 Å². The van der Waals surface area contributed by atoms with Gasteiger partial charge in [-0.15, -0.1) is 0 Å². The first-order chi connectivity index (χ1) is 7.88. The van der Waals surface area contributed by atoms with Crippen LogP contribution in [-0.4, -0.2) is 10.8 Å². The normalized spacial score (nSPS) is 11.7. The van der Waals surface area contributed by atoms with Crippen molar-refractivity contribution in [1.29, 1.82) is 5.41 Å². The molecule has 6 heteroatoms. The lowest BCUT2D eigenvalue weighted by molar-refractivity contribution is -0.137. The number of hydrogen-bond acceptors (Lipinski definition) is 2. The zero-order chi connectivity index (χ0) is 12.6. The average molecular weight is 239 g/mol. The molecule has 17 heavy (non-hydrogen) atoms. The minimum Gasteiger partial charge on any atom is -0.382 e. The second kappa shape index (κ2) is 3.73. The number of nitrogens with two attached hydrogens (primary N) is 1. The largest absolute Gasteiger partial charge is 0.416 e. The predicted molar refractivity (Wildman–Crippen MR) is 57.8 cm³/mol. The van der Waals surface area contributed by atoms with Gasteiger partial charge in [-0.3, -0.25) is 5.41 Å². The fourth-order valence-corrected chi connectivity index (χ4v) is 1.44. The Labute approximate surface area is 94.6 Å². The molecule has 1 aromatic carbocycles. The van der Waals surface area contributed by atoms with Crippen LogP contribution in [0, 0.1) is 5.41 Å². The Morgan fingerprint density at radius 2 is 1.82 bits per heavy atom. The Morgan fingerprint density at radius 1 is 1.18 bits per heavy atom. The minimum atomic E-state index is -4.40. The first-order valence-electron chi connectivity index (χ1n) is 4.70. The van der Waals surface area contributed by atoms with Crippen molar-refractivity contribution in [3.05, 3.63) is 41.6 Å². The van der Waals surface area contributed by atoms with E-state index in [1.165, 1.54) is 12.1 Å². The fourth-order valence-electron chi connectivity index (χ4n) is 1.44. The van der Waals surface area contributed by atoms with E-state index in [9.17, 15) is 13.2 Å². The van der Waals surface area contributed by atoms with Crippen LogP contribution in [0.3, 0.4) is 0 Å². The molecule has 0 bridgehead atoms. The highest BCUT2D eigenvalue weighted by Crippen LogP contribution is 2.30. The Bertz CT molecular complexity index is 590. The lowest BCUT2D eigenvalue weighted by Crippen LogP contribution is -2.13. The van der Waals surface area contributed by atoms with E-state index >= 15 is 0 Å². The van der Waals surface area contributed by atoms with Crippen molar-refractivity contribution in [1.82, 2.24) is 4.98 Å². The van der Waals surface area contributed by atoms with Crippen LogP contribution in [0.15, 0.2) is 30.3 Å². The van der Waals surface area contributed by atoms with Gasteiger partial charge in [0.15, 0.2) is 0 Å². The van der Waals surface area contributed by atoms with Crippen LogP contribution in [0.25, 0.3) is 10.9 Å². The van der Waals surface area contributed by atoms with Crippen molar-refractivity contribution in [2.45, 2.75) is 6.18 Å². The number of nitrogen functional groups attached to an aromatic ring is 1. The molecule has 0 aliphatic rings. The number of nitrogens with one attached hydrogen (secondary N) is 1. The lowest BCUT2D eigenvalue weighted by Gasteiger charge is -2.07. The van der Waals surface area contributed by atoms with Gasteiger partial charge in [0, 0.05) is 5.39 Å². The summed E-state index contributed by atoms with van der Waals surface area (Å²) in [5.74, 6) is -0.274. The van der Waals surface area contributed by atoms with Crippen LogP contribution < -0.4 is 5.73 Å². The summed E-state index contributed by atoms with van der Waals surface area (Å²) in [6, 6.07) is 6.37. The Hall–Kier alpha value is -2.11. The van der Waals surface area contributed by atoms with Gasteiger partial charge in [0.1, 0.15) is 11.5 Å². The van der Waals surface area contributed by atoms with Gasteiger partial charge in [0.05, 0.1) is 11.1 Å². The third-order valence-electron chi connectivity index (χ3n) is 2.30. The molecule has 0 spiro atoms. The summed E-state index contributed by atoms with van der Waals surface area (Å²) in [5, 5.41) is 7.75. The molecule has 0 radical (unpaired) electrons. The SMILES string of the molecule is N=C(N)c1ccc2ccc(C(F)(F)F)cc2n1. The van der Waals surface area contributed by atoms with Gasteiger partial charge in [0.25, 0.3) is 0 Å². The van der Waals surface area contributed by atoms with Crippen LogP contribution in [0.2, 0.25) is 0 Å². The number of benzene rings is 1. The van der Waals surface area contributed by atoms with Gasteiger partial charge in [-0.05, 0) is 18.2 Å². The second-order valence-electron chi connectivity index (χ2n) is 3.52. The van der Waals surface area contributed by atoms with Crippen LogP contribution >= 0.6 is 0 Å². The van der Waals surface area contributed by atoms with Crippen LogP contribution in [0.4, 0.5) is 13.2 Å². The number of halogens is 3. The van der Waals surface area contributed by atoms with Crippen molar-refractivity contribution in [3.8, 4) is 0 Å². The number of fused-ring (bicyclic) bond motifs is 1. The van der Waals surface area contributed by atoms with E-state index in [2.05, 4.69) is 4.98 Å². The van der Waals surface area contributed by atoms with Crippen molar-refractivity contribution < 1.29 is 13.2 Å². The fraction of sp³-hybridized carbons (Fsp3) is 0.0909. The maximum atomic E-state index is 12.5. The van der Waals surface area contributed by atoms with Crippen molar-refractivity contribution >= 4 is 16.7 Å². The molecule has 0 atom stereocenters. The summed E-state index contributed by atoms with van der Waals surface area (Å²) >= 11 is 0. The highest BCUT2D eigenvalue weighted by molar-refractivity contribution is 5.95. The van der Waals surface area contributed by atoms with Gasteiger partial charge in [-0.25, -0.2) is 4.98 Å². The summed E-state index contributed by atoms with van der Waals surface area (Å²) < 4.78 is 37.4. The van der Waals surface area contributed by atoms with Gasteiger partial charge >= 0.3 is 6.18 Å². The first kappa shape index (κ1) is 11.4. The van der Waals surface area contributed by atoms with Crippen molar-refractivity contribution in [2.24, 2.45) is 5.73 Å². The minimum absolute atomic E-state index is 0.164. The molecule has 0 unspecified atom stereocenters. The van der Waals surface area contributed by atoms with E-state index in [1.807, 2.05) is 0 Å². The van der Waals surface area contributed by atoms with Crippen LogP contribution in [0.1, 0.15) is 11.3 Å². The molecule has 0 fully saturated rings. The Kier molecular flexibility index (Phi) is 2.49. The van der Waals surface area contributed by atoms with E-state index in [0.29, 0.717) is 5.39 Å². The molecule has 0 saturated heterocycles. The first-order valence-corrected chi connectivity index (χ1v) is 4.70. The quantitative estimate of drug-likeness (QED) is 0.593. The standard InChI is InChI=1S/C11H8F3N3/c12-11(13,14)7-3-1-6-2-4-8(10(15)16)17-9(6)5-7/h1-5H,(H3,15,16). The summed E-state index contributed by atoms with van der Waals surface area (Å²) in [6.07, 6.45) is -4.40. The lowest BCUT2D eigenvalue weighted by atomic mass is 10.1. The highest BCUT2D eigenvalue weighted by atomic mass is 19.4. The van der Waals surface area contributed by atoms with Gasteiger partial charge in [0.2, 0.25) is 0 Å². The van der Waals surface area contributed by atoms with E-state index < -0.39 is 11.7 Å². The van der Waals surface area contributed by atoms with E-state index in [-0.39, 0.29) is 17.0 Å². The van der Waals surface area contributed by atoms with Gasteiger partial charge < -0.3 is 5.73 Å². The zero-order valence-corrected chi connectivity index (χ0v) is 8.55. The topological polar surface area (TPSA) is 62.8 Å². The smallest absolute Gasteiger partial charge is 0.382 e. The molecular formula is C11H8F3N3. The molecule has 0 amide bonds. The summed E-state index contributed by atoms with van der Waals surface area (Å²) in [5.41, 5.74) is 4.80. The molecular weight excluding hydrogens is 231 g/mol. The number of nitrogens with zero attached hydrogens (tertiary/aromatic N) is 1. The van der Waals surface area contributed by atoms with Crippen LogP contribution in [-0.2, 0) is 6.18 Å².